The average Bonchev–Trinajstić information content (AvgIpc) is 2.79. The molecule has 160 valence electrons. The van der Waals surface area contributed by atoms with Gasteiger partial charge in [0.2, 0.25) is 0 Å². The summed E-state index contributed by atoms with van der Waals surface area (Å²) in [4.78, 5) is 27.2. The van der Waals surface area contributed by atoms with E-state index in [2.05, 4.69) is 10.2 Å². The highest BCUT2D eigenvalue weighted by atomic mass is 16.5. The van der Waals surface area contributed by atoms with Gasteiger partial charge in [-0.15, -0.1) is 0 Å². The van der Waals surface area contributed by atoms with Gasteiger partial charge in [-0.05, 0) is 54.1 Å². The van der Waals surface area contributed by atoms with Crippen LogP contribution in [0.3, 0.4) is 0 Å². The first kappa shape index (κ1) is 20.7. The number of anilines is 2. The normalized spacial score (nSPS) is 14.8. The monoisotopic (exact) mass is 420 g/mol. The predicted octanol–water partition coefficient (Wildman–Crippen LogP) is 3.57. The molecule has 1 saturated heterocycles. The Kier molecular flexibility index (Phi) is 6.04. The Labute approximate surface area is 180 Å². The number of hydrogen-bond acceptors (Lipinski definition) is 6. The summed E-state index contributed by atoms with van der Waals surface area (Å²) in [6, 6.07) is 17.9. The lowest BCUT2D eigenvalue weighted by Gasteiger charge is -2.28. The van der Waals surface area contributed by atoms with Crippen molar-refractivity contribution in [3.05, 3.63) is 66.2 Å². The third kappa shape index (κ3) is 4.78. The molecule has 0 radical (unpaired) electrons. The van der Waals surface area contributed by atoms with Gasteiger partial charge in [-0.3, -0.25) is 4.79 Å². The first-order valence-corrected chi connectivity index (χ1v) is 10.2. The number of nitrogens with one attached hydrogen (secondary N) is 1. The fourth-order valence-electron chi connectivity index (χ4n) is 3.49. The molecule has 3 aromatic rings. The van der Waals surface area contributed by atoms with Gasteiger partial charge in [-0.2, -0.15) is 0 Å². The molecule has 1 fully saturated rings. The Morgan fingerprint density at radius 2 is 1.68 bits per heavy atom. The van der Waals surface area contributed by atoms with Crippen LogP contribution >= 0.6 is 0 Å². The van der Waals surface area contributed by atoms with Gasteiger partial charge in [0, 0.05) is 24.5 Å². The molecule has 0 unspecified atom stereocenters. The van der Waals surface area contributed by atoms with Gasteiger partial charge in [0.05, 0.1) is 13.2 Å². The van der Waals surface area contributed by atoms with Crippen molar-refractivity contribution in [3.63, 3.8) is 0 Å². The quantitative estimate of drug-likeness (QED) is 0.614. The maximum absolute atomic E-state index is 12.5. The number of phenolic OH excluding ortho intramolecular Hbond substituents is 1. The maximum Gasteiger partial charge on any atom is 0.342 e. The number of carbonyl (C=O) groups excluding carboxylic acids is 2. The van der Waals surface area contributed by atoms with Crippen molar-refractivity contribution in [1.82, 2.24) is 0 Å². The summed E-state index contributed by atoms with van der Waals surface area (Å²) in [6.07, 6.45) is -1.03. The molecule has 1 aliphatic heterocycles. The largest absolute Gasteiger partial charge is 0.507 e. The van der Waals surface area contributed by atoms with E-state index in [4.69, 9.17) is 9.47 Å². The molecule has 31 heavy (non-hydrogen) atoms. The third-order valence-electron chi connectivity index (χ3n) is 5.25. The van der Waals surface area contributed by atoms with Crippen molar-refractivity contribution in [2.75, 3.05) is 36.5 Å². The first-order valence-electron chi connectivity index (χ1n) is 10.2. The number of aromatic hydroxyl groups is 1. The molecule has 2 N–H and O–H groups in total. The molecule has 0 aliphatic carbocycles. The summed E-state index contributed by atoms with van der Waals surface area (Å²) in [7, 11) is 0. The number of hydrogen-bond donors (Lipinski definition) is 2. The molecule has 3 aromatic carbocycles. The molecule has 0 saturated carbocycles. The number of esters is 1. The van der Waals surface area contributed by atoms with Crippen LogP contribution in [0.25, 0.3) is 10.8 Å². The number of nitrogens with zero attached hydrogens (tertiary/aromatic N) is 1. The molecule has 0 spiro atoms. The first-order chi connectivity index (χ1) is 15.0. The molecule has 4 rings (SSSR count). The standard InChI is InChI=1S/C24H24N2O5/c1-16(31-24(29)21-14-17-4-2-3-5-18(17)15-22(21)27)23(28)25-19-6-8-20(9-7-19)26-10-12-30-13-11-26/h2-9,14-16,27H,10-13H2,1H3,(H,25,28)/t16-/m1/s1. The Balaban J connectivity index is 1.38. The van der Waals surface area contributed by atoms with Gasteiger partial charge in [0.15, 0.2) is 6.10 Å². The number of fused-ring (bicyclic) bond motifs is 1. The lowest BCUT2D eigenvalue weighted by molar-refractivity contribution is -0.123. The highest BCUT2D eigenvalue weighted by molar-refractivity contribution is 6.01. The van der Waals surface area contributed by atoms with Crippen molar-refractivity contribution in [2.45, 2.75) is 13.0 Å². The Morgan fingerprint density at radius 1 is 1.03 bits per heavy atom. The van der Waals surface area contributed by atoms with E-state index in [1.165, 1.54) is 13.0 Å². The molecule has 7 heteroatoms. The van der Waals surface area contributed by atoms with Crippen molar-refractivity contribution >= 4 is 34.0 Å². The van der Waals surface area contributed by atoms with Crippen LogP contribution in [0.15, 0.2) is 60.7 Å². The van der Waals surface area contributed by atoms with Crippen LogP contribution in [0, 0.1) is 0 Å². The van der Waals surface area contributed by atoms with Gasteiger partial charge in [-0.1, -0.05) is 24.3 Å². The Bertz CT molecular complexity index is 1090. The minimum atomic E-state index is -1.03. The number of rotatable bonds is 5. The number of phenols is 1. The molecule has 1 heterocycles. The zero-order valence-corrected chi connectivity index (χ0v) is 17.2. The SMILES string of the molecule is C[C@@H](OC(=O)c1cc2ccccc2cc1O)C(=O)Nc1ccc(N2CCOCC2)cc1. The second-order valence-electron chi connectivity index (χ2n) is 7.40. The predicted molar refractivity (Wildman–Crippen MR) is 119 cm³/mol. The zero-order chi connectivity index (χ0) is 21.8. The number of benzene rings is 3. The maximum atomic E-state index is 12.5. The number of carbonyl (C=O) groups is 2. The Morgan fingerprint density at radius 3 is 2.35 bits per heavy atom. The fourth-order valence-corrected chi connectivity index (χ4v) is 3.49. The van der Waals surface area contributed by atoms with E-state index in [0.717, 1.165) is 29.5 Å². The minimum absolute atomic E-state index is 0.0215. The third-order valence-corrected chi connectivity index (χ3v) is 5.25. The average molecular weight is 420 g/mol. The van der Waals surface area contributed by atoms with Gasteiger partial charge in [0.1, 0.15) is 11.3 Å². The highest BCUT2D eigenvalue weighted by Crippen LogP contribution is 2.26. The molecule has 0 bridgehead atoms. The van der Waals surface area contributed by atoms with Crippen molar-refractivity contribution in [3.8, 4) is 5.75 Å². The fraction of sp³-hybridized carbons (Fsp3) is 0.250. The summed E-state index contributed by atoms with van der Waals surface area (Å²) in [6.45, 7) is 4.57. The zero-order valence-electron chi connectivity index (χ0n) is 17.2. The van der Waals surface area contributed by atoms with Gasteiger partial charge < -0.3 is 24.8 Å². The van der Waals surface area contributed by atoms with Crippen molar-refractivity contribution < 1.29 is 24.2 Å². The number of ether oxygens (including phenoxy) is 2. The van der Waals surface area contributed by atoms with Crippen LogP contribution < -0.4 is 10.2 Å². The lowest BCUT2D eigenvalue weighted by atomic mass is 10.1. The van der Waals surface area contributed by atoms with Gasteiger partial charge >= 0.3 is 5.97 Å². The van der Waals surface area contributed by atoms with E-state index in [1.807, 2.05) is 48.5 Å². The molecule has 7 nitrogen and oxygen atoms in total. The second-order valence-corrected chi connectivity index (χ2v) is 7.40. The summed E-state index contributed by atoms with van der Waals surface area (Å²) >= 11 is 0. The molecular weight excluding hydrogens is 396 g/mol. The van der Waals surface area contributed by atoms with Crippen LogP contribution in [-0.2, 0) is 14.3 Å². The number of amides is 1. The highest BCUT2D eigenvalue weighted by Gasteiger charge is 2.22. The van der Waals surface area contributed by atoms with Crippen LogP contribution in [0.1, 0.15) is 17.3 Å². The van der Waals surface area contributed by atoms with E-state index in [9.17, 15) is 14.7 Å². The second kappa shape index (κ2) is 9.06. The molecule has 1 amide bonds. The Hall–Kier alpha value is -3.58. The van der Waals surface area contributed by atoms with Crippen LogP contribution in [-0.4, -0.2) is 49.4 Å². The van der Waals surface area contributed by atoms with Crippen LogP contribution in [0.2, 0.25) is 0 Å². The summed E-state index contributed by atoms with van der Waals surface area (Å²) in [5.74, 6) is -1.39. The van der Waals surface area contributed by atoms with Crippen molar-refractivity contribution in [2.24, 2.45) is 0 Å². The minimum Gasteiger partial charge on any atom is -0.507 e. The van der Waals surface area contributed by atoms with Crippen molar-refractivity contribution in [1.29, 1.82) is 0 Å². The van der Waals surface area contributed by atoms with E-state index in [1.54, 1.807) is 6.07 Å². The van der Waals surface area contributed by atoms with Gasteiger partial charge in [0.25, 0.3) is 5.91 Å². The van der Waals surface area contributed by atoms with E-state index >= 15 is 0 Å². The summed E-state index contributed by atoms with van der Waals surface area (Å²) in [5.41, 5.74) is 1.69. The van der Waals surface area contributed by atoms with E-state index < -0.39 is 18.0 Å². The molecule has 1 aliphatic rings. The van der Waals surface area contributed by atoms with Crippen LogP contribution in [0.5, 0.6) is 5.75 Å². The van der Waals surface area contributed by atoms with E-state index in [-0.39, 0.29) is 11.3 Å². The molecule has 1 atom stereocenters. The van der Waals surface area contributed by atoms with E-state index in [0.29, 0.717) is 18.9 Å². The topological polar surface area (TPSA) is 88.1 Å². The van der Waals surface area contributed by atoms with Gasteiger partial charge in [-0.25, -0.2) is 4.79 Å². The lowest BCUT2D eigenvalue weighted by Crippen LogP contribution is -2.36. The van der Waals surface area contributed by atoms with Crippen LogP contribution in [0.4, 0.5) is 11.4 Å². The molecule has 0 aromatic heterocycles. The number of morpholine rings is 1. The summed E-state index contributed by atoms with van der Waals surface area (Å²) < 4.78 is 10.6. The smallest absolute Gasteiger partial charge is 0.342 e. The summed E-state index contributed by atoms with van der Waals surface area (Å²) in [5, 5.41) is 14.5. The molecular formula is C24H24N2O5.